The molecule has 0 atom stereocenters. The minimum absolute atomic E-state index is 0.215. The first-order chi connectivity index (χ1) is 14.4. The van der Waals surface area contributed by atoms with Gasteiger partial charge in [-0.05, 0) is 95.8 Å². The summed E-state index contributed by atoms with van der Waals surface area (Å²) in [6, 6.07) is 18.4. The number of hydrogen-bond acceptors (Lipinski definition) is 4. The van der Waals surface area contributed by atoms with Crippen LogP contribution < -0.4 is 10.6 Å². The molecule has 1 aromatic heterocycles. The van der Waals surface area contributed by atoms with Gasteiger partial charge >= 0.3 is 0 Å². The van der Waals surface area contributed by atoms with Crippen LogP contribution in [0.25, 0.3) is 16.7 Å². The fourth-order valence-corrected chi connectivity index (χ4v) is 3.82. The molecule has 9 heteroatoms. The number of anilines is 1. The maximum Gasteiger partial charge on any atom is 0.258 e. The van der Waals surface area contributed by atoms with E-state index in [2.05, 4.69) is 43.4 Å². The van der Waals surface area contributed by atoms with Gasteiger partial charge in [0.05, 0.1) is 11.3 Å². The predicted molar refractivity (Wildman–Crippen MR) is 131 cm³/mol. The van der Waals surface area contributed by atoms with E-state index in [9.17, 15) is 4.79 Å². The third kappa shape index (κ3) is 4.45. The summed E-state index contributed by atoms with van der Waals surface area (Å²) in [5, 5.41) is 15.7. The van der Waals surface area contributed by atoms with Crippen molar-refractivity contribution >= 4 is 74.2 Å². The standard InChI is InChI=1S/C21H15ClIN5OS/c1-12-10-18-19(27-28(26-18)14-8-6-13(22)7-9-14)11-17(12)24-21(30)25-20(29)15-4-2-3-5-16(15)23/h2-11H,1H3,(H2,24,25,29,30). The molecule has 150 valence electrons. The maximum atomic E-state index is 12.5. The van der Waals surface area contributed by atoms with E-state index >= 15 is 0 Å². The molecule has 4 rings (SSSR count). The zero-order chi connectivity index (χ0) is 21.3. The summed E-state index contributed by atoms with van der Waals surface area (Å²) < 4.78 is 0.854. The number of amides is 1. The number of aromatic nitrogens is 3. The summed E-state index contributed by atoms with van der Waals surface area (Å²) >= 11 is 13.4. The second-order valence-corrected chi connectivity index (χ2v) is 8.52. The van der Waals surface area contributed by atoms with Crippen LogP contribution in [-0.2, 0) is 0 Å². The molecule has 6 nitrogen and oxygen atoms in total. The van der Waals surface area contributed by atoms with E-state index in [1.165, 1.54) is 0 Å². The Bertz CT molecular complexity index is 1270. The first-order valence-electron chi connectivity index (χ1n) is 8.91. The van der Waals surface area contributed by atoms with Gasteiger partial charge in [0.1, 0.15) is 11.0 Å². The Kier molecular flexibility index (Phi) is 5.98. The third-order valence-corrected chi connectivity index (χ3v) is 5.77. The number of carbonyl (C=O) groups excluding carboxylic acids is 1. The van der Waals surface area contributed by atoms with Crippen molar-refractivity contribution in [3.63, 3.8) is 0 Å². The number of hydrogen-bond donors (Lipinski definition) is 2. The molecule has 0 unspecified atom stereocenters. The molecule has 0 fully saturated rings. The summed E-state index contributed by atoms with van der Waals surface area (Å²) in [4.78, 5) is 14.0. The number of thiocarbonyl (C=S) groups is 1. The van der Waals surface area contributed by atoms with Crippen LogP contribution >= 0.6 is 46.4 Å². The van der Waals surface area contributed by atoms with Gasteiger partial charge in [-0.1, -0.05) is 23.7 Å². The van der Waals surface area contributed by atoms with Crippen molar-refractivity contribution in [2.24, 2.45) is 0 Å². The monoisotopic (exact) mass is 547 g/mol. The van der Waals surface area contributed by atoms with Gasteiger partial charge in [-0.3, -0.25) is 10.1 Å². The lowest BCUT2D eigenvalue weighted by atomic mass is 10.2. The van der Waals surface area contributed by atoms with Crippen molar-refractivity contribution in [3.05, 3.63) is 80.4 Å². The van der Waals surface area contributed by atoms with Crippen LogP contribution in [0.15, 0.2) is 60.7 Å². The van der Waals surface area contributed by atoms with Crippen molar-refractivity contribution < 1.29 is 4.79 Å². The van der Waals surface area contributed by atoms with E-state index in [0.29, 0.717) is 16.1 Å². The minimum Gasteiger partial charge on any atom is -0.332 e. The smallest absolute Gasteiger partial charge is 0.258 e. The number of rotatable bonds is 3. The second kappa shape index (κ2) is 8.66. The lowest BCUT2D eigenvalue weighted by Crippen LogP contribution is -2.34. The number of fused-ring (bicyclic) bond motifs is 1. The molecule has 0 radical (unpaired) electrons. The highest BCUT2D eigenvalue weighted by atomic mass is 127. The van der Waals surface area contributed by atoms with E-state index in [0.717, 1.165) is 26.0 Å². The van der Waals surface area contributed by atoms with Gasteiger partial charge in [-0.2, -0.15) is 4.80 Å². The van der Waals surface area contributed by atoms with Gasteiger partial charge in [0, 0.05) is 14.3 Å². The van der Waals surface area contributed by atoms with Crippen LogP contribution in [0.5, 0.6) is 0 Å². The molecule has 0 aliphatic carbocycles. The van der Waals surface area contributed by atoms with Crippen LogP contribution in [0.1, 0.15) is 15.9 Å². The first kappa shape index (κ1) is 20.7. The molecule has 0 aliphatic rings. The zero-order valence-electron chi connectivity index (χ0n) is 15.7. The van der Waals surface area contributed by atoms with Crippen LogP contribution in [0.2, 0.25) is 5.02 Å². The van der Waals surface area contributed by atoms with Crippen molar-refractivity contribution in [1.82, 2.24) is 20.3 Å². The van der Waals surface area contributed by atoms with Gasteiger partial charge in [0.2, 0.25) is 0 Å². The van der Waals surface area contributed by atoms with Crippen molar-refractivity contribution in [2.45, 2.75) is 6.92 Å². The average Bonchev–Trinajstić information content (AvgIpc) is 3.11. The fourth-order valence-electron chi connectivity index (χ4n) is 2.86. The van der Waals surface area contributed by atoms with Gasteiger partial charge < -0.3 is 5.32 Å². The molecule has 0 spiro atoms. The van der Waals surface area contributed by atoms with E-state index in [1.54, 1.807) is 23.0 Å². The Balaban J connectivity index is 1.54. The second-order valence-electron chi connectivity index (χ2n) is 6.51. The molecular formula is C21H15ClIN5OS. The highest BCUT2D eigenvalue weighted by Crippen LogP contribution is 2.22. The molecule has 0 bridgehead atoms. The number of nitrogens with zero attached hydrogens (tertiary/aromatic N) is 3. The van der Waals surface area contributed by atoms with Crippen molar-refractivity contribution in [2.75, 3.05) is 5.32 Å². The Labute approximate surface area is 196 Å². The fraction of sp³-hybridized carbons (Fsp3) is 0.0476. The molecule has 1 heterocycles. The molecule has 0 saturated carbocycles. The van der Waals surface area contributed by atoms with Crippen LogP contribution in [0.4, 0.5) is 5.69 Å². The molecule has 3 aromatic carbocycles. The maximum absolute atomic E-state index is 12.5. The predicted octanol–water partition coefficient (Wildman–Crippen LogP) is 5.11. The van der Waals surface area contributed by atoms with E-state index in [1.807, 2.05) is 49.4 Å². The largest absolute Gasteiger partial charge is 0.332 e. The number of benzene rings is 3. The summed E-state index contributed by atoms with van der Waals surface area (Å²) in [7, 11) is 0. The SMILES string of the molecule is Cc1cc2nn(-c3ccc(Cl)cc3)nc2cc1NC(=S)NC(=O)c1ccccc1I. The summed E-state index contributed by atoms with van der Waals surface area (Å²) in [5.74, 6) is -0.259. The molecule has 4 aromatic rings. The Morgan fingerprint density at radius 3 is 2.43 bits per heavy atom. The number of halogens is 2. The molecule has 0 saturated heterocycles. The quantitative estimate of drug-likeness (QED) is 0.275. The molecule has 2 N–H and O–H groups in total. The highest BCUT2D eigenvalue weighted by molar-refractivity contribution is 14.1. The lowest BCUT2D eigenvalue weighted by molar-refractivity contribution is 0.0977. The van der Waals surface area contributed by atoms with Crippen LogP contribution in [0, 0.1) is 10.5 Å². The molecule has 1 amide bonds. The molecular weight excluding hydrogens is 533 g/mol. The van der Waals surface area contributed by atoms with Crippen molar-refractivity contribution in [1.29, 1.82) is 0 Å². The van der Waals surface area contributed by atoms with Gasteiger partial charge in [-0.25, -0.2) is 0 Å². The minimum atomic E-state index is -0.259. The van der Waals surface area contributed by atoms with E-state index in [4.69, 9.17) is 23.8 Å². The normalized spacial score (nSPS) is 10.8. The van der Waals surface area contributed by atoms with Crippen LogP contribution in [-0.4, -0.2) is 26.0 Å². The summed E-state index contributed by atoms with van der Waals surface area (Å²) in [6.45, 7) is 1.94. The lowest BCUT2D eigenvalue weighted by Gasteiger charge is -2.12. The third-order valence-electron chi connectivity index (χ3n) is 4.38. The van der Waals surface area contributed by atoms with Crippen molar-refractivity contribution in [3.8, 4) is 5.69 Å². The molecule has 30 heavy (non-hydrogen) atoms. The Morgan fingerprint density at radius 2 is 1.73 bits per heavy atom. The summed E-state index contributed by atoms with van der Waals surface area (Å²) in [6.07, 6.45) is 0. The Morgan fingerprint density at radius 1 is 1.07 bits per heavy atom. The highest BCUT2D eigenvalue weighted by Gasteiger charge is 2.13. The number of aryl methyl sites for hydroxylation is 1. The first-order valence-corrected chi connectivity index (χ1v) is 10.8. The van der Waals surface area contributed by atoms with E-state index in [-0.39, 0.29) is 11.0 Å². The summed E-state index contributed by atoms with van der Waals surface area (Å²) in [5.41, 5.74) is 4.50. The van der Waals surface area contributed by atoms with Gasteiger partial charge in [0.25, 0.3) is 5.91 Å². The number of nitrogens with one attached hydrogen (secondary N) is 2. The van der Waals surface area contributed by atoms with Gasteiger partial charge in [-0.15, -0.1) is 10.2 Å². The average molecular weight is 548 g/mol. The molecule has 0 aliphatic heterocycles. The van der Waals surface area contributed by atoms with Gasteiger partial charge in [0.15, 0.2) is 5.11 Å². The van der Waals surface area contributed by atoms with E-state index < -0.39 is 0 Å². The topological polar surface area (TPSA) is 71.8 Å². The van der Waals surface area contributed by atoms with Crippen LogP contribution in [0.3, 0.4) is 0 Å². The number of carbonyl (C=O) groups is 1. The Hall–Kier alpha value is -2.56. The zero-order valence-corrected chi connectivity index (χ0v) is 19.4.